The molecule has 84 valence electrons. The van der Waals surface area contributed by atoms with Crippen molar-refractivity contribution in [1.29, 1.82) is 0 Å². The molecular formula is C12H14N2OS. The molecule has 3 nitrogen and oxygen atoms in total. The van der Waals surface area contributed by atoms with Crippen molar-refractivity contribution >= 4 is 28.5 Å². The number of hydrogen-bond acceptors (Lipinski definition) is 3. The number of nitrogens with zero attached hydrogens (tertiary/aromatic N) is 2. The normalized spacial score (nSPS) is 18.8. The van der Waals surface area contributed by atoms with Gasteiger partial charge in [-0.2, -0.15) is 0 Å². The minimum atomic E-state index is 0.148. The second-order valence-corrected chi connectivity index (χ2v) is 4.82. The van der Waals surface area contributed by atoms with Crippen LogP contribution in [0.3, 0.4) is 0 Å². The first kappa shape index (κ1) is 11.2. The summed E-state index contributed by atoms with van der Waals surface area (Å²) in [6.45, 7) is 4.01. The molecule has 1 aliphatic heterocycles. The van der Waals surface area contributed by atoms with Crippen LogP contribution >= 0.6 is 11.8 Å². The molecule has 1 fully saturated rings. The molecule has 1 saturated heterocycles. The monoisotopic (exact) mass is 234 g/mol. The number of benzene rings is 1. The predicted molar refractivity (Wildman–Crippen MR) is 68.0 cm³/mol. The third-order valence-electron chi connectivity index (χ3n) is 2.30. The zero-order valence-corrected chi connectivity index (χ0v) is 10.2. The Balaban J connectivity index is 2.27. The highest BCUT2D eigenvalue weighted by Gasteiger charge is 2.30. The molecule has 0 bridgehead atoms. The van der Waals surface area contributed by atoms with Crippen molar-refractivity contribution in [1.82, 2.24) is 4.90 Å². The van der Waals surface area contributed by atoms with E-state index in [0.29, 0.717) is 5.75 Å². The molecule has 0 spiro atoms. The molecule has 1 aromatic rings. The number of rotatable bonds is 2. The Morgan fingerprint density at radius 3 is 2.62 bits per heavy atom. The maximum atomic E-state index is 11.6. The Labute approximate surface area is 99.6 Å². The van der Waals surface area contributed by atoms with E-state index in [4.69, 9.17) is 0 Å². The van der Waals surface area contributed by atoms with Crippen LogP contribution in [0.4, 0.5) is 5.69 Å². The fraction of sp³-hybridized carbons (Fsp3) is 0.333. The van der Waals surface area contributed by atoms with E-state index in [1.807, 2.05) is 44.2 Å². The van der Waals surface area contributed by atoms with Gasteiger partial charge in [0.15, 0.2) is 5.17 Å². The van der Waals surface area contributed by atoms with Gasteiger partial charge in [0, 0.05) is 6.04 Å². The highest BCUT2D eigenvalue weighted by atomic mass is 32.2. The number of aliphatic imine (C=N–C) groups is 1. The maximum absolute atomic E-state index is 11.6. The average Bonchev–Trinajstić information content (AvgIpc) is 2.61. The first-order chi connectivity index (χ1) is 7.68. The fourth-order valence-corrected chi connectivity index (χ4v) is 2.59. The van der Waals surface area contributed by atoms with E-state index in [-0.39, 0.29) is 11.9 Å². The van der Waals surface area contributed by atoms with E-state index in [0.717, 1.165) is 10.9 Å². The first-order valence-electron chi connectivity index (χ1n) is 5.27. The van der Waals surface area contributed by atoms with Gasteiger partial charge in [-0.3, -0.25) is 9.69 Å². The van der Waals surface area contributed by atoms with Crippen LogP contribution < -0.4 is 0 Å². The van der Waals surface area contributed by atoms with Crippen LogP contribution in [0.1, 0.15) is 13.8 Å². The summed E-state index contributed by atoms with van der Waals surface area (Å²) in [5.74, 6) is 0.652. The highest BCUT2D eigenvalue weighted by Crippen LogP contribution is 2.25. The third-order valence-corrected chi connectivity index (χ3v) is 3.23. The van der Waals surface area contributed by atoms with Crippen molar-refractivity contribution in [3.05, 3.63) is 30.3 Å². The van der Waals surface area contributed by atoms with Crippen LogP contribution in [-0.4, -0.2) is 27.8 Å². The molecule has 1 amide bonds. The van der Waals surface area contributed by atoms with Gasteiger partial charge in [-0.1, -0.05) is 30.0 Å². The Kier molecular flexibility index (Phi) is 3.29. The molecule has 2 rings (SSSR count). The second-order valence-electron chi connectivity index (χ2n) is 3.88. The lowest BCUT2D eigenvalue weighted by Gasteiger charge is -2.20. The van der Waals surface area contributed by atoms with E-state index in [1.54, 1.807) is 4.90 Å². The van der Waals surface area contributed by atoms with Gasteiger partial charge in [0.1, 0.15) is 0 Å². The summed E-state index contributed by atoms with van der Waals surface area (Å²) >= 11 is 1.51. The number of amidine groups is 1. The molecule has 1 heterocycles. The number of amides is 1. The van der Waals surface area contributed by atoms with Crippen molar-refractivity contribution in [3.63, 3.8) is 0 Å². The van der Waals surface area contributed by atoms with E-state index >= 15 is 0 Å². The molecule has 0 saturated carbocycles. The number of hydrogen-bond donors (Lipinski definition) is 0. The van der Waals surface area contributed by atoms with Gasteiger partial charge in [0.25, 0.3) is 0 Å². The Morgan fingerprint density at radius 1 is 1.31 bits per heavy atom. The van der Waals surface area contributed by atoms with Crippen LogP contribution in [0.25, 0.3) is 0 Å². The number of thioether (sulfide) groups is 1. The largest absolute Gasteiger partial charge is 0.288 e. The molecular weight excluding hydrogens is 220 g/mol. The summed E-state index contributed by atoms with van der Waals surface area (Å²) < 4.78 is 0. The maximum Gasteiger partial charge on any atom is 0.239 e. The van der Waals surface area contributed by atoms with Crippen LogP contribution in [0, 0.1) is 0 Å². The van der Waals surface area contributed by atoms with E-state index in [9.17, 15) is 4.79 Å². The number of para-hydroxylation sites is 1. The molecule has 0 aliphatic carbocycles. The lowest BCUT2D eigenvalue weighted by molar-refractivity contribution is -0.125. The highest BCUT2D eigenvalue weighted by molar-refractivity contribution is 8.15. The number of carbonyl (C=O) groups is 1. The minimum Gasteiger partial charge on any atom is -0.288 e. The van der Waals surface area contributed by atoms with Gasteiger partial charge in [-0.15, -0.1) is 0 Å². The topological polar surface area (TPSA) is 32.7 Å². The molecule has 4 heteroatoms. The molecule has 0 atom stereocenters. The Hall–Kier alpha value is -1.29. The van der Waals surface area contributed by atoms with E-state index < -0.39 is 0 Å². The van der Waals surface area contributed by atoms with E-state index in [2.05, 4.69) is 4.99 Å². The van der Waals surface area contributed by atoms with Crippen LogP contribution in [-0.2, 0) is 4.79 Å². The third kappa shape index (κ3) is 2.27. The molecule has 16 heavy (non-hydrogen) atoms. The molecule has 0 radical (unpaired) electrons. The Morgan fingerprint density at radius 2 is 2.00 bits per heavy atom. The van der Waals surface area contributed by atoms with Gasteiger partial charge in [-0.05, 0) is 26.0 Å². The van der Waals surface area contributed by atoms with Gasteiger partial charge >= 0.3 is 0 Å². The molecule has 0 N–H and O–H groups in total. The Bertz CT molecular complexity index is 414. The molecule has 1 aromatic carbocycles. The summed E-state index contributed by atoms with van der Waals surface area (Å²) in [6, 6.07) is 9.90. The van der Waals surface area contributed by atoms with Crippen molar-refractivity contribution in [2.75, 3.05) is 5.75 Å². The van der Waals surface area contributed by atoms with Crippen molar-refractivity contribution in [2.24, 2.45) is 4.99 Å². The van der Waals surface area contributed by atoms with Crippen LogP contribution in [0.2, 0.25) is 0 Å². The van der Waals surface area contributed by atoms with Gasteiger partial charge in [-0.25, -0.2) is 4.99 Å². The summed E-state index contributed by atoms with van der Waals surface area (Å²) in [7, 11) is 0. The zero-order chi connectivity index (χ0) is 11.5. The first-order valence-corrected chi connectivity index (χ1v) is 6.25. The second kappa shape index (κ2) is 4.70. The number of carbonyl (C=O) groups excluding carboxylic acids is 1. The molecule has 0 aromatic heterocycles. The summed E-state index contributed by atoms with van der Waals surface area (Å²) in [4.78, 5) is 17.9. The summed E-state index contributed by atoms with van der Waals surface area (Å²) in [5, 5.41) is 0.811. The van der Waals surface area contributed by atoms with Crippen LogP contribution in [0.5, 0.6) is 0 Å². The molecule has 1 aliphatic rings. The van der Waals surface area contributed by atoms with E-state index in [1.165, 1.54) is 11.8 Å². The minimum absolute atomic E-state index is 0.148. The standard InChI is InChI=1S/C12H14N2OS/c1-9(2)14-11(15)8-16-12(14)13-10-6-4-3-5-7-10/h3-7,9H,8H2,1-2H3. The SMILES string of the molecule is CC(C)N1C(=O)CSC1=Nc1ccccc1. The van der Waals surface area contributed by atoms with Gasteiger partial charge in [0.2, 0.25) is 5.91 Å². The van der Waals surface area contributed by atoms with Crippen LogP contribution in [0.15, 0.2) is 35.3 Å². The lowest BCUT2D eigenvalue weighted by atomic mass is 10.3. The fourth-order valence-electron chi connectivity index (χ4n) is 1.58. The predicted octanol–water partition coefficient (Wildman–Crippen LogP) is 2.66. The molecule has 0 unspecified atom stereocenters. The van der Waals surface area contributed by atoms with Gasteiger partial charge < -0.3 is 0 Å². The smallest absolute Gasteiger partial charge is 0.239 e. The average molecular weight is 234 g/mol. The quantitative estimate of drug-likeness (QED) is 0.788. The van der Waals surface area contributed by atoms with Crippen molar-refractivity contribution in [2.45, 2.75) is 19.9 Å². The van der Waals surface area contributed by atoms with Gasteiger partial charge in [0.05, 0.1) is 11.4 Å². The summed E-state index contributed by atoms with van der Waals surface area (Å²) in [5.41, 5.74) is 0.894. The lowest BCUT2D eigenvalue weighted by Crippen LogP contribution is -2.35. The van der Waals surface area contributed by atoms with Crippen molar-refractivity contribution in [3.8, 4) is 0 Å². The van der Waals surface area contributed by atoms with Crippen molar-refractivity contribution < 1.29 is 4.79 Å². The zero-order valence-electron chi connectivity index (χ0n) is 9.38. The summed E-state index contributed by atoms with van der Waals surface area (Å²) in [6.07, 6.45) is 0.